The predicted octanol–water partition coefficient (Wildman–Crippen LogP) is 3.69. The molecule has 8 heteroatoms. The van der Waals surface area contributed by atoms with Gasteiger partial charge in [0, 0.05) is 6.54 Å². The molecule has 0 radical (unpaired) electrons. The summed E-state index contributed by atoms with van der Waals surface area (Å²) >= 11 is 3.18. The fourth-order valence-corrected chi connectivity index (χ4v) is 4.00. The Morgan fingerprint density at radius 1 is 1.40 bits per heavy atom. The number of aromatic nitrogens is 2. The number of hydrogen-bond acceptors (Lipinski definition) is 7. The molecule has 25 heavy (non-hydrogen) atoms. The van der Waals surface area contributed by atoms with E-state index in [1.54, 1.807) is 18.0 Å². The zero-order valence-corrected chi connectivity index (χ0v) is 15.8. The van der Waals surface area contributed by atoms with Crippen LogP contribution in [0.4, 0.5) is 5.82 Å². The SMILES string of the molecule is CSCCCNC(=O)c1sc2ncnc(NCc3ccco3)c2c1C. The standard InChI is InChI=1S/C17H20N4O2S2/c1-11-13-15(19-9-12-5-3-7-23-12)20-10-21-17(13)25-14(11)16(22)18-6-4-8-24-2/h3,5,7,10H,4,6,8-9H2,1-2H3,(H,18,22)(H,19,20,21). The van der Waals surface area contributed by atoms with Gasteiger partial charge in [0.1, 0.15) is 22.7 Å². The molecule has 3 rings (SSSR count). The van der Waals surface area contributed by atoms with E-state index in [1.165, 1.54) is 17.7 Å². The molecular formula is C17H20N4O2S2. The Morgan fingerprint density at radius 2 is 2.28 bits per heavy atom. The highest BCUT2D eigenvalue weighted by molar-refractivity contribution is 7.98. The summed E-state index contributed by atoms with van der Waals surface area (Å²) < 4.78 is 5.34. The Labute approximate surface area is 154 Å². The summed E-state index contributed by atoms with van der Waals surface area (Å²) in [4.78, 5) is 22.6. The van der Waals surface area contributed by atoms with E-state index in [1.807, 2.05) is 19.1 Å². The number of anilines is 1. The highest BCUT2D eigenvalue weighted by atomic mass is 32.2. The highest BCUT2D eigenvalue weighted by Gasteiger charge is 2.19. The lowest BCUT2D eigenvalue weighted by atomic mass is 10.2. The van der Waals surface area contributed by atoms with Crippen LogP contribution in [0, 0.1) is 6.92 Å². The number of carbonyl (C=O) groups excluding carboxylic acids is 1. The van der Waals surface area contributed by atoms with Crippen LogP contribution in [0.15, 0.2) is 29.1 Å². The highest BCUT2D eigenvalue weighted by Crippen LogP contribution is 2.33. The van der Waals surface area contributed by atoms with Crippen molar-refractivity contribution in [2.75, 3.05) is 23.9 Å². The Kier molecular flexibility index (Phi) is 5.93. The molecular weight excluding hydrogens is 356 g/mol. The number of furan rings is 1. The van der Waals surface area contributed by atoms with Crippen molar-refractivity contribution in [2.45, 2.75) is 19.9 Å². The first-order valence-corrected chi connectivity index (χ1v) is 10.2. The Bertz CT molecular complexity index is 846. The average molecular weight is 377 g/mol. The lowest BCUT2D eigenvalue weighted by Crippen LogP contribution is -2.24. The summed E-state index contributed by atoms with van der Waals surface area (Å²) in [6.45, 7) is 3.16. The minimum Gasteiger partial charge on any atom is -0.467 e. The van der Waals surface area contributed by atoms with Gasteiger partial charge in [0.15, 0.2) is 0 Å². The van der Waals surface area contributed by atoms with Crippen molar-refractivity contribution in [3.8, 4) is 0 Å². The molecule has 132 valence electrons. The van der Waals surface area contributed by atoms with E-state index in [0.29, 0.717) is 18.0 Å². The van der Waals surface area contributed by atoms with Crippen LogP contribution >= 0.6 is 23.1 Å². The maximum atomic E-state index is 12.5. The number of aryl methyl sites for hydroxylation is 1. The van der Waals surface area contributed by atoms with Gasteiger partial charge in [0.25, 0.3) is 5.91 Å². The number of hydrogen-bond donors (Lipinski definition) is 2. The number of amides is 1. The Hall–Kier alpha value is -2.06. The van der Waals surface area contributed by atoms with Crippen LogP contribution in [0.25, 0.3) is 10.2 Å². The summed E-state index contributed by atoms with van der Waals surface area (Å²) in [6, 6.07) is 3.75. The van der Waals surface area contributed by atoms with Crippen LogP contribution in [0.1, 0.15) is 27.4 Å². The second kappa shape index (κ2) is 8.35. The molecule has 0 saturated carbocycles. The third kappa shape index (κ3) is 4.13. The smallest absolute Gasteiger partial charge is 0.261 e. The molecule has 3 aromatic heterocycles. The molecule has 0 saturated heterocycles. The van der Waals surface area contributed by atoms with Gasteiger partial charge >= 0.3 is 0 Å². The largest absolute Gasteiger partial charge is 0.467 e. The fraction of sp³-hybridized carbons (Fsp3) is 0.353. The topological polar surface area (TPSA) is 80.0 Å². The number of rotatable bonds is 8. The minimum atomic E-state index is -0.0430. The van der Waals surface area contributed by atoms with Gasteiger partial charge < -0.3 is 15.1 Å². The first-order chi connectivity index (χ1) is 12.2. The van der Waals surface area contributed by atoms with Gasteiger partial charge in [-0.05, 0) is 43.0 Å². The van der Waals surface area contributed by atoms with Crippen LogP contribution in [0.5, 0.6) is 0 Å². The van der Waals surface area contributed by atoms with Crippen LogP contribution in [0.2, 0.25) is 0 Å². The maximum absolute atomic E-state index is 12.5. The second-order valence-corrected chi connectivity index (χ2v) is 7.48. The molecule has 2 N–H and O–H groups in total. The van der Waals surface area contributed by atoms with Crippen molar-refractivity contribution in [3.63, 3.8) is 0 Å². The lowest BCUT2D eigenvalue weighted by Gasteiger charge is -2.06. The Balaban J connectivity index is 1.78. The number of carbonyl (C=O) groups is 1. The molecule has 0 aliphatic rings. The van der Waals surface area contributed by atoms with E-state index in [-0.39, 0.29) is 5.91 Å². The number of thioether (sulfide) groups is 1. The zero-order chi connectivity index (χ0) is 17.6. The van der Waals surface area contributed by atoms with E-state index in [4.69, 9.17) is 4.42 Å². The third-order valence-corrected chi connectivity index (χ3v) is 5.65. The molecule has 0 unspecified atom stereocenters. The summed E-state index contributed by atoms with van der Waals surface area (Å²) in [7, 11) is 0. The summed E-state index contributed by atoms with van der Waals surface area (Å²) in [5.74, 6) is 2.54. The fourth-order valence-electron chi connectivity index (χ4n) is 2.50. The number of fused-ring (bicyclic) bond motifs is 1. The third-order valence-electron chi connectivity index (χ3n) is 3.75. The first-order valence-electron chi connectivity index (χ1n) is 7.98. The van der Waals surface area contributed by atoms with E-state index in [2.05, 4.69) is 26.9 Å². The van der Waals surface area contributed by atoms with E-state index in [0.717, 1.165) is 39.5 Å². The molecule has 0 aromatic carbocycles. The van der Waals surface area contributed by atoms with E-state index < -0.39 is 0 Å². The van der Waals surface area contributed by atoms with Gasteiger partial charge in [-0.1, -0.05) is 0 Å². The van der Waals surface area contributed by atoms with Crippen LogP contribution in [-0.2, 0) is 6.54 Å². The van der Waals surface area contributed by atoms with Crippen molar-refractivity contribution in [3.05, 3.63) is 40.9 Å². The van der Waals surface area contributed by atoms with Crippen molar-refractivity contribution in [2.24, 2.45) is 0 Å². The Morgan fingerprint density at radius 3 is 3.04 bits per heavy atom. The van der Waals surface area contributed by atoms with Gasteiger partial charge in [-0.2, -0.15) is 11.8 Å². The monoisotopic (exact) mass is 376 g/mol. The van der Waals surface area contributed by atoms with Gasteiger partial charge in [0.2, 0.25) is 0 Å². The van der Waals surface area contributed by atoms with Crippen molar-refractivity contribution in [1.29, 1.82) is 0 Å². The molecule has 0 aliphatic carbocycles. The molecule has 0 spiro atoms. The van der Waals surface area contributed by atoms with Gasteiger partial charge in [0.05, 0.1) is 23.1 Å². The molecule has 0 bridgehead atoms. The second-order valence-electron chi connectivity index (χ2n) is 5.49. The molecule has 0 atom stereocenters. The molecule has 3 aromatic rings. The predicted molar refractivity (Wildman–Crippen MR) is 104 cm³/mol. The first kappa shape index (κ1) is 17.8. The quantitative estimate of drug-likeness (QED) is 0.584. The minimum absolute atomic E-state index is 0.0430. The van der Waals surface area contributed by atoms with E-state index >= 15 is 0 Å². The van der Waals surface area contributed by atoms with Crippen molar-refractivity contribution < 1.29 is 9.21 Å². The average Bonchev–Trinajstić information content (AvgIpc) is 3.25. The summed E-state index contributed by atoms with van der Waals surface area (Å²) in [5, 5.41) is 7.15. The molecule has 0 fully saturated rings. The summed E-state index contributed by atoms with van der Waals surface area (Å²) in [6.07, 6.45) is 6.19. The lowest BCUT2D eigenvalue weighted by molar-refractivity contribution is 0.0957. The van der Waals surface area contributed by atoms with Crippen LogP contribution < -0.4 is 10.6 Å². The summed E-state index contributed by atoms with van der Waals surface area (Å²) in [5.41, 5.74) is 0.907. The number of nitrogens with zero attached hydrogens (tertiary/aromatic N) is 2. The van der Waals surface area contributed by atoms with Gasteiger partial charge in [-0.25, -0.2) is 9.97 Å². The van der Waals surface area contributed by atoms with Crippen molar-refractivity contribution in [1.82, 2.24) is 15.3 Å². The molecule has 6 nitrogen and oxygen atoms in total. The normalized spacial score (nSPS) is 11.0. The van der Waals surface area contributed by atoms with E-state index in [9.17, 15) is 4.79 Å². The molecule has 3 heterocycles. The van der Waals surface area contributed by atoms with Gasteiger partial charge in [-0.15, -0.1) is 11.3 Å². The molecule has 1 amide bonds. The zero-order valence-electron chi connectivity index (χ0n) is 14.2. The molecule has 0 aliphatic heterocycles. The van der Waals surface area contributed by atoms with Crippen molar-refractivity contribution >= 4 is 45.0 Å². The number of thiophene rings is 1. The van der Waals surface area contributed by atoms with Crippen LogP contribution in [-0.4, -0.2) is 34.4 Å². The maximum Gasteiger partial charge on any atom is 0.261 e. The number of nitrogens with one attached hydrogen (secondary N) is 2. The van der Waals surface area contributed by atoms with Crippen LogP contribution in [0.3, 0.4) is 0 Å². The van der Waals surface area contributed by atoms with Gasteiger partial charge in [-0.3, -0.25) is 4.79 Å².